The van der Waals surface area contributed by atoms with Gasteiger partial charge in [0.05, 0.1) is 11.1 Å². The number of nitrogens with zero attached hydrogens (tertiary/aromatic N) is 1. The molecular weight excluding hydrogens is 298 g/mol. The Labute approximate surface area is 140 Å². The summed E-state index contributed by atoms with van der Waals surface area (Å²) in [6.45, 7) is 1.96. The first-order chi connectivity index (χ1) is 11.7. The molecule has 3 aromatic rings. The normalized spacial score (nSPS) is 10.2. The fourth-order valence-corrected chi connectivity index (χ4v) is 2.62. The number of fused-ring (bicyclic) bond motifs is 1. The van der Waals surface area contributed by atoms with Crippen LogP contribution >= 0.6 is 0 Å². The maximum Gasteiger partial charge on any atom is 0.238 e. The van der Waals surface area contributed by atoms with Gasteiger partial charge in [0.1, 0.15) is 0 Å². The van der Waals surface area contributed by atoms with Gasteiger partial charge in [-0.15, -0.1) is 0 Å². The maximum absolute atomic E-state index is 12.5. The molecule has 0 bridgehead atoms. The number of benzene rings is 2. The van der Waals surface area contributed by atoms with E-state index < -0.39 is 0 Å². The molecule has 0 aliphatic heterocycles. The van der Waals surface area contributed by atoms with Crippen LogP contribution in [0.15, 0.2) is 60.8 Å². The van der Waals surface area contributed by atoms with Crippen LogP contribution in [0.4, 0.5) is 0 Å². The third kappa shape index (κ3) is 3.13. The van der Waals surface area contributed by atoms with E-state index in [0.29, 0.717) is 12.0 Å². The second kappa shape index (κ2) is 6.97. The summed E-state index contributed by atoms with van der Waals surface area (Å²) < 4.78 is 1.57. The van der Waals surface area contributed by atoms with E-state index in [1.165, 1.54) is 0 Å². The lowest BCUT2D eigenvalue weighted by molar-refractivity contribution is 0.0907. The molecule has 2 aromatic carbocycles. The lowest BCUT2D eigenvalue weighted by Crippen LogP contribution is -2.08. The van der Waals surface area contributed by atoms with Crippen LogP contribution in [-0.4, -0.2) is 16.3 Å². The molecule has 0 unspecified atom stereocenters. The second-order valence-corrected chi connectivity index (χ2v) is 5.52. The van der Waals surface area contributed by atoms with Crippen molar-refractivity contribution in [3.63, 3.8) is 0 Å². The zero-order chi connectivity index (χ0) is 16.9. The van der Waals surface area contributed by atoms with Crippen molar-refractivity contribution < 1.29 is 9.59 Å². The predicted molar refractivity (Wildman–Crippen MR) is 95.1 cm³/mol. The lowest BCUT2D eigenvalue weighted by Gasteiger charge is -2.01. The number of hydrogen-bond donors (Lipinski definition) is 0. The van der Waals surface area contributed by atoms with Gasteiger partial charge in [-0.1, -0.05) is 49.2 Å². The van der Waals surface area contributed by atoms with Gasteiger partial charge in [-0.3, -0.25) is 14.2 Å². The van der Waals surface area contributed by atoms with Crippen LogP contribution in [0.25, 0.3) is 10.9 Å². The smallest absolute Gasteiger partial charge is 0.238 e. The highest BCUT2D eigenvalue weighted by atomic mass is 16.2. The zero-order valence-corrected chi connectivity index (χ0v) is 13.5. The number of rotatable bonds is 3. The zero-order valence-electron chi connectivity index (χ0n) is 13.5. The molecule has 0 N–H and O–H groups in total. The van der Waals surface area contributed by atoms with E-state index in [2.05, 4.69) is 11.8 Å². The van der Waals surface area contributed by atoms with Crippen molar-refractivity contribution in [2.45, 2.75) is 19.8 Å². The Hall–Kier alpha value is -3.12. The molecule has 1 aromatic heterocycles. The van der Waals surface area contributed by atoms with Crippen molar-refractivity contribution in [3.05, 3.63) is 71.9 Å². The molecule has 0 fully saturated rings. The Morgan fingerprint density at radius 1 is 1.00 bits per heavy atom. The summed E-state index contributed by atoms with van der Waals surface area (Å²) >= 11 is 0. The molecule has 0 saturated carbocycles. The van der Waals surface area contributed by atoms with E-state index in [4.69, 9.17) is 0 Å². The van der Waals surface area contributed by atoms with Crippen molar-refractivity contribution in [1.29, 1.82) is 0 Å². The van der Waals surface area contributed by atoms with E-state index in [-0.39, 0.29) is 11.7 Å². The monoisotopic (exact) mass is 315 g/mol. The summed E-state index contributed by atoms with van der Waals surface area (Å²) in [6, 6.07) is 16.8. The molecule has 0 aliphatic carbocycles. The largest absolute Gasteiger partial charge is 0.286 e. The average molecular weight is 315 g/mol. The number of hydrogen-bond acceptors (Lipinski definition) is 2. The number of ketones is 1. The highest BCUT2D eigenvalue weighted by Gasteiger charge is 2.16. The van der Waals surface area contributed by atoms with Gasteiger partial charge in [0.15, 0.2) is 0 Å². The maximum atomic E-state index is 12.5. The van der Waals surface area contributed by atoms with E-state index in [9.17, 15) is 9.59 Å². The Bertz CT molecular complexity index is 956. The van der Waals surface area contributed by atoms with Gasteiger partial charge in [-0.05, 0) is 30.5 Å². The van der Waals surface area contributed by atoms with Crippen molar-refractivity contribution in [2.24, 2.45) is 0 Å². The van der Waals surface area contributed by atoms with Crippen LogP contribution in [0.3, 0.4) is 0 Å². The summed E-state index contributed by atoms with van der Waals surface area (Å²) in [6.07, 6.45) is 2.83. The quantitative estimate of drug-likeness (QED) is 0.533. The average Bonchev–Trinajstić information content (AvgIpc) is 3.01. The van der Waals surface area contributed by atoms with Gasteiger partial charge >= 0.3 is 0 Å². The van der Waals surface area contributed by atoms with E-state index in [1.807, 2.05) is 61.5 Å². The standard InChI is InChI=1S/C21H17NO2/c1-2-8-21(24)22-15-18(17-11-6-7-12-19(17)22)20(23)14-13-16-9-4-3-5-10-16/h3-7,9-12,15H,2,8H2,1H3. The van der Waals surface area contributed by atoms with Gasteiger partial charge in [0.25, 0.3) is 0 Å². The number of aromatic nitrogens is 1. The predicted octanol–water partition coefficient (Wildman–Crippen LogP) is 4.32. The number of carbonyl (C=O) groups is 2. The topological polar surface area (TPSA) is 39.1 Å². The van der Waals surface area contributed by atoms with E-state index in [1.54, 1.807) is 10.8 Å². The van der Waals surface area contributed by atoms with Gasteiger partial charge < -0.3 is 0 Å². The summed E-state index contributed by atoms with van der Waals surface area (Å²) in [5, 5.41) is 0.759. The summed E-state index contributed by atoms with van der Waals surface area (Å²) in [5.41, 5.74) is 2.01. The third-order valence-electron chi connectivity index (χ3n) is 3.78. The number of carbonyl (C=O) groups excluding carboxylic acids is 2. The summed E-state index contributed by atoms with van der Waals surface area (Å²) in [5.74, 6) is 5.27. The molecule has 0 radical (unpaired) electrons. The molecule has 0 aliphatic rings. The first kappa shape index (κ1) is 15.8. The van der Waals surface area contributed by atoms with Gasteiger partial charge in [0, 0.05) is 23.6 Å². The summed E-state index contributed by atoms with van der Waals surface area (Å²) in [7, 11) is 0. The molecular formula is C21H17NO2. The molecule has 0 atom stereocenters. The van der Waals surface area contributed by atoms with Gasteiger partial charge in [0.2, 0.25) is 11.7 Å². The Balaban J connectivity index is 2.02. The van der Waals surface area contributed by atoms with Crippen molar-refractivity contribution in [2.75, 3.05) is 0 Å². The molecule has 0 spiro atoms. The molecule has 118 valence electrons. The SMILES string of the molecule is CCCC(=O)n1cc(C(=O)C#Cc2ccccc2)c2ccccc21. The molecule has 0 saturated heterocycles. The minimum atomic E-state index is -0.280. The van der Waals surface area contributed by atoms with Crippen LogP contribution in [0.2, 0.25) is 0 Å². The Morgan fingerprint density at radius 3 is 2.46 bits per heavy atom. The fourth-order valence-electron chi connectivity index (χ4n) is 2.62. The van der Waals surface area contributed by atoms with Crippen molar-refractivity contribution in [1.82, 2.24) is 4.57 Å². The highest BCUT2D eigenvalue weighted by Crippen LogP contribution is 2.22. The second-order valence-electron chi connectivity index (χ2n) is 5.52. The van der Waals surface area contributed by atoms with E-state index in [0.717, 1.165) is 22.9 Å². The first-order valence-electron chi connectivity index (χ1n) is 7.95. The molecule has 3 nitrogen and oxygen atoms in total. The van der Waals surface area contributed by atoms with Crippen molar-refractivity contribution >= 4 is 22.6 Å². The van der Waals surface area contributed by atoms with Crippen LogP contribution in [0.5, 0.6) is 0 Å². The molecule has 3 heteroatoms. The third-order valence-corrected chi connectivity index (χ3v) is 3.78. The molecule has 1 heterocycles. The van der Waals surface area contributed by atoms with Gasteiger partial charge in [-0.2, -0.15) is 0 Å². The lowest BCUT2D eigenvalue weighted by atomic mass is 10.1. The fraction of sp³-hybridized carbons (Fsp3) is 0.143. The van der Waals surface area contributed by atoms with Crippen LogP contribution in [-0.2, 0) is 0 Å². The summed E-state index contributed by atoms with van der Waals surface area (Å²) in [4.78, 5) is 24.8. The van der Waals surface area contributed by atoms with Crippen LogP contribution in [0, 0.1) is 11.8 Å². The minimum Gasteiger partial charge on any atom is -0.286 e. The Morgan fingerprint density at radius 2 is 1.71 bits per heavy atom. The number of Topliss-reactive ketones (excluding diaryl/α,β-unsaturated/α-hetero) is 1. The first-order valence-corrected chi connectivity index (χ1v) is 7.95. The molecule has 3 rings (SSSR count). The molecule has 0 amide bonds. The van der Waals surface area contributed by atoms with Crippen molar-refractivity contribution in [3.8, 4) is 11.8 Å². The van der Waals surface area contributed by atoms with E-state index >= 15 is 0 Å². The Kier molecular flexibility index (Phi) is 4.58. The number of para-hydroxylation sites is 1. The highest BCUT2D eigenvalue weighted by molar-refractivity contribution is 6.17. The minimum absolute atomic E-state index is 0.0104. The van der Waals surface area contributed by atoms with Crippen LogP contribution < -0.4 is 0 Å². The molecule has 24 heavy (non-hydrogen) atoms. The van der Waals surface area contributed by atoms with Gasteiger partial charge in [-0.25, -0.2) is 0 Å². The van der Waals surface area contributed by atoms with Crippen LogP contribution in [0.1, 0.15) is 40.5 Å².